The van der Waals surface area contributed by atoms with Gasteiger partial charge in [0.05, 0.1) is 27.9 Å². The molecule has 0 radical (unpaired) electrons. The number of aromatic carboxylic acids is 2. The van der Waals surface area contributed by atoms with Crippen LogP contribution in [-0.2, 0) is 15.7 Å². The number of hydrogen-bond acceptors (Lipinski definition) is 3. The van der Waals surface area contributed by atoms with E-state index in [1.807, 2.05) is 6.08 Å². The van der Waals surface area contributed by atoms with Crippen molar-refractivity contribution in [1.82, 2.24) is 0 Å². The van der Waals surface area contributed by atoms with E-state index in [0.717, 1.165) is 14.7 Å². The predicted molar refractivity (Wildman–Crippen MR) is 104 cm³/mol. The highest BCUT2D eigenvalue weighted by Gasteiger charge is 2.32. The van der Waals surface area contributed by atoms with Crippen molar-refractivity contribution in [2.24, 2.45) is 5.92 Å². The first-order valence-electron chi connectivity index (χ1n) is 8.39. The summed E-state index contributed by atoms with van der Waals surface area (Å²) < 4.78 is 0. The Balaban J connectivity index is 2.01. The Bertz CT molecular complexity index is 915. The van der Waals surface area contributed by atoms with Crippen LogP contribution < -0.4 is 0 Å². The Labute approximate surface area is 163 Å². The zero-order chi connectivity index (χ0) is 20.3. The molecule has 0 fully saturated rings. The van der Waals surface area contributed by atoms with Crippen molar-refractivity contribution >= 4 is 28.8 Å². The number of carboxylic acids is 3. The molecule has 0 amide bonds. The summed E-state index contributed by atoms with van der Waals surface area (Å²) in [5, 5.41) is 27.4. The quantitative estimate of drug-likeness (QED) is 0.641. The van der Waals surface area contributed by atoms with E-state index in [1.54, 1.807) is 36.4 Å². The molecule has 142 valence electrons. The maximum Gasteiger partial charge on any atom is 0.335 e. The zero-order valence-corrected chi connectivity index (χ0v) is 15.4. The molecule has 1 unspecified atom stereocenters. The lowest BCUT2D eigenvalue weighted by Crippen LogP contribution is -2.15. The molecule has 3 rings (SSSR count). The lowest BCUT2D eigenvalue weighted by Gasteiger charge is -2.14. The molecule has 0 spiro atoms. The molecule has 2 aromatic rings. The summed E-state index contributed by atoms with van der Waals surface area (Å²) in [5.74, 6) is -3.49. The van der Waals surface area contributed by atoms with Crippen LogP contribution in [0, 0.1) is 5.92 Å². The minimum Gasteiger partial charge on any atom is -0.481 e. The van der Waals surface area contributed by atoms with Gasteiger partial charge >= 0.3 is 17.9 Å². The highest BCUT2D eigenvalue weighted by atomic mass is 32.2. The van der Waals surface area contributed by atoms with Crippen LogP contribution in [0.15, 0.2) is 81.5 Å². The summed E-state index contributed by atoms with van der Waals surface area (Å²) in [5.41, 5.74) is 0.347. The van der Waals surface area contributed by atoms with Gasteiger partial charge in [0, 0.05) is 0 Å². The highest BCUT2D eigenvalue weighted by Crippen LogP contribution is 2.34. The lowest BCUT2D eigenvalue weighted by atomic mass is 10.0. The Morgan fingerprint density at radius 1 is 0.786 bits per heavy atom. The lowest BCUT2D eigenvalue weighted by molar-refractivity contribution is -0.139. The van der Waals surface area contributed by atoms with E-state index in [4.69, 9.17) is 10.2 Å². The second-order valence-corrected chi connectivity index (χ2v) is 8.14. The first kappa shape index (κ1) is 19.4. The number of hydrogen-bond donors (Lipinski definition) is 3. The molecular weight excluding hydrogens is 380 g/mol. The first-order chi connectivity index (χ1) is 13.4. The molecule has 1 atom stereocenters. The summed E-state index contributed by atoms with van der Waals surface area (Å²) >= 11 is 0. The number of carboxylic acid groups (broad SMARTS) is 3. The van der Waals surface area contributed by atoms with Gasteiger partial charge in [-0.1, -0.05) is 6.08 Å². The van der Waals surface area contributed by atoms with Gasteiger partial charge in [0.25, 0.3) is 0 Å². The fraction of sp³-hybridized carbons (Fsp3) is 0.0952. The summed E-state index contributed by atoms with van der Waals surface area (Å²) in [6.07, 6.45) is 5.67. The van der Waals surface area contributed by atoms with Gasteiger partial charge in [-0.3, -0.25) is 4.79 Å². The van der Waals surface area contributed by atoms with E-state index in [-0.39, 0.29) is 11.1 Å². The van der Waals surface area contributed by atoms with Gasteiger partial charge in [0.2, 0.25) is 0 Å². The van der Waals surface area contributed by atoms with Crippen LogP contribution in [0.25, 0.3) is 0 Å². The molecule has 0 saturated heterocycles. The van der Waals surface area contributed by atoms with Gasteiger partial charge in [-0.25, -0.2) is 9.59 Å². The second kappa shape index (κ2) is 8.14. The predicted octanol–water partition coefficient (Wildman–Crippen LogP) is 3.66. The van der Waals surface area contributed by atoms with Crippen LogP contribution in [0.4, 0.5) is 0 Å². The Kier molecular flexibility index (Phi) is 5.65. The number of aliphatic carboxylic acids is 1. The smallest absolute Gasteiger partial charge is 0.335 e. The highest BCUT2D eigenvalue weighted by molar-refractivity contribution is 8.00. The summed E-state index contributed by atoms with van der Waals surface area (Å²) in [4.78, 5) is 36.1. The third-order valence-electron chi connectivity index (χ3n) is 4.29. The van der Waals surface area contributed by atoms with Crippen molar-refractivity contribution in [3.05, 3.63) is 82.8 Å². The second-order valence-electron chi connectivity index (χ2n) is 6.11. The number of allylic oxidation sites excluding steroid dienone is 2. The molecule has 1 aliphatic carbocycles. The number of rotatable bonds is 6. The van der Waals surface area contributed by atoms with Gasteiger partial charge in [-0.2, -0.15) is 0 Å². The van der Waals surface area contributed by atoms with E-state index < -0.39 is 34.7 Å². The maximum absolute atomic E-state index is 11.2. The summed E-state index contributed by atoms with van der Waals surface area (Å²) in [6.45, 7) is 0. The molecule has 28 heavy (non-hydrogen) atoms. The summed E-state index contributed by atoms with van der Waals surface area (Å²) in [7, 11) is -0.613. The van der Waals surface area contributed by atoms with Crippen LogP contribution in [0.2, 0.25) is 0 Å². The molecule has 0 heterocycles. The van der Waals surface area contributed by atoms with E-state index in [9.17, 15) is 19.5 Å². The average Bonchev–Trinajstić information content (AvgIpc) is 2.69. The van der Waals surface area contributed by atoms with E-state index in [2.05, 4.69) is 0 Å². The maximum atomic E-state index is 11.2. The molecule has 2 aromatic carbocycles. The molecule has 1 aliphatic rings. The molecular formula is C21H17O6S+. The third kappa shape index (κ3) is 4.15. The first-order valence-corrected chi connectivity index (χ1v) is 9.61. The fourth-order valence-corrected chi connectivity index (χ4v) is 4.92. The van der Waals surface area contributed by atoms with Crippen LogP contribution in [-0.4, -0.2) is 33.2 Å². The monoisotopic (exact) mass is 397 g/mol. The fourth-order valence-electron chi connectivity index (χ4n) is 2.81. The topological polar surface area (TPSA) is 112 Å². The van der Waals surface area contributed by atoms with E-state index in [1.165, 1.54) is 24.3 Å². The van der Waals surface area contributed by atoms with Crippen molar-refractivity contribution in [1.29, 1.82) is 0 Å². The van der Waals surface area contributed by atoms with Crippen molar-refractivity contribution in [2.45, 2.75) is 16.2 Å². The minimum absolute atomic E-state index is 0.174. The molecule has 7 heteroatoms. The molecule has 0 aliphatic heterocycles. The van der Waals surface area contributed by atoms with Crippen LogP contribution in [0.1, 0.15) is 27.1 Å². The van der Waals surface area contributed by atoms with E-state index in [0.29, 0.717) is 6.42 Å². The van der Waals surface area contributed by atoms with Gasteiger partial charge in [0.15, 0.2) is 14.7 Å². The van der Waals surface area contributed by atoms with Crippen LogP contribution in [0.5, 0.6) is 0 Å². The van der Waals surface area contributed by atoms with Crippen molar-refractivity contribution in [3.8, 4) is 0 Å². The van der Waals surface area contributed by atoms with Gasteiger partial charge in [-0.05, 0) is 67.1 Å². The molecule has 0 saturated carbocycles. The Morgan fingerprint density at radius 2 is 1.25 bits per heavy atom. The average molecular weight is 397 g/mol. The zero-order valence-electron chi connectivity index (χ0n) is 14.6. The van der Waals surface area contributed by atoms with Crippen molar-refractivity contribution in [3.63, 3.8) is 0 Å². The van der Waals surface area contributed by atoms with Crippen molar-refractivity contribution < 1.29 is 29.7 Å². The van der Waals surface area contributed by atoms with E-state index >= 15 is 0 Å². The SMILES string of the molecule is O=C(O)c1ccc([S+](C2=CCC(C(=O)O)C=C2)c2ccc(C(=O)O)cc2)cc1. The molecule has 0 aromatic heterocycles. The van der Waals surface area contributed by atoms with Crippen LogP contribution in [0.3, 0.4) is 0 Å². The summed E-state index contributed by atoms with van der Waals surface area (Å²) in [6, 6.07) is 13.0. The molecule has 0 bridgehead atoms. The third-order valence-corrected chi connectivity index (χ3v) is 6.55. The largest absolute Gasteiger partial charge is 0.481 e. The van der Waals surface area contributed by atoms with Crippen molar-refractivity contribution in [2.75, 3.05) is 0 Å². The number of carbonyl (C=O) groups is 3. The molecule has 6 nitrogen and oxygen atoms in total. The molecule has 3 N–H and O–H groups in total. The van der Waals surface area contributed by atoms with Crippen LogP contribution >= 0.6 is 0 Å². The van der Waals surface area contributed by atoms with Gasteiger partial charge in [0.1, 0.15) is 0 Å². The number of benzene rings is 2. The Morgan fingerprint density at radius 3 is 1.57 bits per heavy atom. The Hall–Kier alpha value is -3.32. The standard InChI is InChI=1S/C21H16O6S/c22-19(23)13-1-7-16(8-2-13)28(17-9-3-14(4-10-17)20(24)25)18-11-5-15(6-12-18)21(26)27/h1-5,7-12,15H,6H2,(H2-,22,23,24,25,26,27)/p+1. The van der Waals surface area contributed by atoms with Gasteiger partial charge < -0.3 is 15.3 Å². The van der Waals surface area contributed by atoms with Gasteiger partial charge in [-0.15, -0.1) is 0 Å². The minimum atomic E-state index is -1.02. The normalized spacial score (nSPS) is 15.9.